The van der Waals surface area contributed by atoms with Crippen LogP contribution in [0.5, 0.6) is 11.5 Å². The Morgan fingerprint density at radius 2 is 1.68 bits per heavy atom. The first-order valence-corrected chi connectivity index (χ1v) is 6.10. The molecule has 3 rings (SSSR count). The third-order valence-electron chi connectivity index (χ3n) is 3.42. The highest BCUT2D eigenvalue weighted by Gasteiger charge is 2.43. The summed E-state index contributed by atoms with van der Waals surface area (Å²) in [5.41, 5.74) is -1.67. The maximum Gasteiger partial charge on any atom is 0.416 e. The van der Waals surface area contributed by atoms with Gasteiger partial charge in [-0.25, -0.2) is 0 Å². The molecular formula is C13H13F3O3. The third kappa shape index (κ3) is 2.49. The number of ether oxygens (including phenoxy) is 2. The van der Waals surface area contributed by atoms with E-state index in [0.717, 1.165) is 6.07 Å². The van der Waals surface area contributed by atoms with Crippen LogP contribution in [0.25, 0.3) is 0 Å². The van der Waals surface area contributed by atoms with E-state index in [9.17, 15) is 18.3 Å². The van der Waals surface area contributed by atoms with Gasteiger partial charge in [0, 0.05) is 6.42 Å². The van der Waals surface area contributed by atoms with Crippen LogP contribution < -0.4 is 9.47 Å². The fourth-order valence-corrected chi connectivity index (χ4v) is 2.22. The summed E-state index contributed by atoms with van der Waals surface area (Å²) in [4.78, 5) is 0. The highest BCUT2D eigenvalue weighted by molar-refractivity contribution is 5.49. The number of fused-ring (bicyclic) bond motifs is 1. The summed E-state index contributed by atoms with van der Waals surface area (Å²) in [6.07, 6.45) is -3.38. The Hall–Kier alpha value is -1.43. The van der Waals surface area contributed by atoms with Gasteiger partial charge in [0.1, 0.15) is 13.2 Å². The molecule has 0 spiro atoms. The Balaban J connectivity index is 2.03. The second-order valence-corrected chi connectivity index (χ2v) is 5.05. The molecule has 1 aliphatic heterocycles. The molecule has 0 atom stereocenters. The lowest BCUT2D eigenvalue weighted by Gasteiger charge is -2.23. The van der Waals surface area contributed by atoms with Gasteiger partial charge in [-0.05, 0) is 30.5 Å². The highest BCUT2D eigenvalue weighted by atomic mass is 19.4. The summed E-state index contributed by atoms with van der Waals surface area (Å²) in [7, 11) is 0. The van der Waals surface area contributed by atoms with Crippen LogP contribution in [0.3, 0.4) is 0 Å². The maximum atomic E-state index is 13.0. The van der Waals surface area contributed by atoms with Gasteiger partial charge in [-0.1, -0.05) is 0 Å². The normalized spacial score (nSPS) is 20.2. The summed E-state index contributed by atoms with van der Waals surface area (Å²) in [5.74, 6) is 0.434. The number of benzene rings is 1. The molecule has 0 aromatic heterocycles. The average Bonchev–Trinajstić information content (AvgIpc) is 3.04. The number of rotatable bonds is 2. The van der Waals surface area contributed by atoms with E-state index >= 15 is 0 Å². The van der Waals surface area contributed by atoms with Crippen LogP contribution in [0, 0.1) is 0 Å². The van der Waals surface area contributed by atoms with Crippen LogP contribution in [-0.4, -0.2) is 23.9 Å². The highest BCUT2D eigenvalue weighted by Crippen LogP contribution is 2.45. The fourth-order valence-electron chi connectivity index (χ4n) is 2.22. The Morgan fingerprint density at radius 3 is 2.21 bits per heavy atom. The first kappa shape index (κ1) is 12.6. The van der Waals surface area contributed by atoms with Gasteiger partial charge < -0.3 is 14.6 Å². The second-order valence-electron chi connectivity index (χ2n) is 5.05. The van der Waals surface area contributed by atoms with Crippen molar-refractivity contribution in [3.63, 3.8) is 0 Å². The Labute approximate surface area is 107 Å². The molecule has 0 radical (unpaired) electrons. The number of alkyl halides is 3. The monoisotopic (exact) mass is 274 g/mol. The zero-order chi connectivity index (χ0) is 13.7. The van der Waals surface area contributed by atoms with Gasteiger partial charge in [0.15, 0.2) is 11.5 Å². The second kappa shape index (κ2) is 4.03. The molecule has 19 heavy (non-hydrogen) atoms. The minimum Gasteiger partial charge on any atom is -0.486 e. The lowest BCUT2D eigenvalue weighted by Crippen LogP contribution is -2.20. The van der Waals surface area contributed by atoms with Gasteiger partial charge >= 0.3 is 6.18 Å². The largest absolute Gasteiger partial charge is 0.486 e. The van der Waals surface area contributed by atoms with Crippen LogP contribution in [0.2, 0.25) is 0 Å². The molecule has 0 bridgehead atoms. The topological polar surface area (TPSA) is 38.7 Å². The number of hydrogen-bond donors (Lipinski definition) is 1. The third-order valence-corrected chi connectivity index (χ3v) is 3.42. The van der Waals surface area contributed by atoms with Gasteiger partial charge in [0.25, 0.3) is 0 Å². The van der Waals surface area contributed by atoms with E-state index in [0.29, 0.717) is 25.2 Å². The molecule has 1 fully saturated rings. The van der Waals surface area contributed by atoms with Crippen molar-refractivity contribution in [2.24, 2.45) is 0 Å². The van der Waals surface area contributed by atoms with Crippen molar-refractivity contribution in [1.29, 1.82) is 0 Å². The van der Waals surface area contributed by atoms with E-state index in [2.05, 4.69) is 0 Å². The predicted octanol–water partition coefficient (Wildman–Crippen LogP) is 2.54. The van der Waals surface area contributed by atoms with Gasteiger partial charge in [-0.3, -0.25) is 0 Å². The SMILES string of the molecule is OC1(Cc2cc3c(cc2C(F)(F)F)OCCO3)CC1. The van der Waals surface area contributed by atoms with Crippen LogP contribution >= 0.6 is 0 Å². The van der Waals surface area contributed by atoms with E-state index in [1.807, 2.05) is 0 Å². The van der Waals surface area contributed by atoms with Crippen molar-refractivity contribution >= 4 is 0 Å². The number of hydrogen-bond acceptors (Lipinski definition) is 3. The first-order chi connectivity index (χ1) is 8.87. The van der Waals surface area contributed by atoms with E-state index in [-0.39, 0.29) is 24.3 Å². The zero-order valence-corrected chi connectivity index (χ0v) is 10.1. The van der Waals surface area contributed by atoms with E-state index in [4.69, 9.17) is 9.47 Å². The quantitative estimate of drug-likeness (QED) is 0.900. The minimum atomic E-state index is -4.46. The molecule has 1 aromatic rings. The Bertz CT molecular complexity index is 507. The number of aliphatic hydroxyl groups is 1. The Morgan fingerprint density at radius 1 is 1.11 bits per heavy atom. The van der Waals surface area contributed by atoms with Crippen molar-refractivity contribution in [2.45, 2.75) is 31.0 Å². The molecule has 1 aromatic carbocycles. The van der Waals surface area contributed by atoms with Gasteiger partial charge in [-0.2, -0.15) is 13.2 Å². The van der Waals surface area contributed by atoms with Crippen molar-refractivity contribution in [2.75, 3.05) is 13.2 Å². The van der Waals surface area contributed by atoms with Crippen LogP contribution in [-0.2, 0) is 12.6 Å². The Kier molecular flexibility index (Phi) is 2.67. The molecule has 104 valence electrons. The summed E-state index contributed by atoms with van der Waals surface area (Å²) in [6, 6.07) is 2.31. The molecule has 3 nitrogen and oxygen atoms in total. The summed E-state index contributed by atoms with van der Waals surface area (Å²) in [6.45, 7) is 0.565. The van der Waals surface area contributed by atoms with Crippen molar-refractivity contribution in [3.8, 4) is 11.5 Å². The summed E-state index contributed by atoms with van der Waals surface area (Å²) >= 11 is 0. The molecule has 1 N–H and O–H groups in total. The standard InChI is InChI=1S/C13H13F3O3/c14-13(15,16)9-6-11-10(18-3-4-19-11)5-8(9)7-12(17)1-2-12/h5-6,17H,1-4,7H2. The predicted molar refractivity (Wildman–Crippen MR) is 60.3 cm³/mol. The molecule has 1 aliphatic carbocycles. The van der Waals surface area contributed by atoms with Gasteiger partial charge in [0.2, 0.25) is 0 Å². The summed E-state index contributed by atoms with van der Waals surface area (Å²) < 4.78 is 49.6. The molecule has 1 saturated carbocycles. The van der Waals surface area contributed by atoms with Crippen LogP contribution in [0.4, 0.5) is 13.2 Å². The van der Waals surface area contributed by atoms with E-state index < -0.39 is 17.3 Å². The zero-order valence-electron chi connectivity index (χ0n) is 10.1. The smallest absolute Gasteiger partial charge is 0.416 e. The van der Waals surface area contributed by atoms with Gasteiger partial charge in [-0.15, -0.1) is 0 Å². The maximum absolute atomic E-state index is 13.0. The summed E-state index contributed by atoms with van der Waals surface area (Å²) in [5, 5.41) is 9.84. The lowest BCUT2D eigenvalue weighted by molar-refractivity contribution is -0.138. The number of halogens is 3. The minimum absolute atomic E-state index is 0.00150. The molecular weight excluding hydrogens is 261 g/mol. The average molecular weight is 274 g/mol. The van der Waals surface area contributed by atoms with Crippen molar-refractivity contribution in [3.05, 3.63) is 23.3 Å². The lowest BCUT2D eigenvalue weighted by atomic mass is 9.99. The molecule has 6 heteroatoms. The van der Waals surface area contributed by atoms with Crippen LogP contribution in [0.1, 0.15) is 24.0 Å². The molecule has 1 heterocycles. The molecule has 0 amide bonds. The fraction of sp³-hybridized carbons (Fsp3) is 0.538. The molecule has 2 aliphatic rings. The van der Waals surface area contributed by atoms with E-state index in [1.165, 1.54) is 6.07 Å². The van der Waals surface area contributed by atoms with Crippen molar-refractivity contribution in [1.82, 2.24) is 0 Å². The molecule has 0 saturated heterocycles. The first-order valence-electron chi connectivity index (χ1n) is 6.10. The molecule has 0 unspecified atom stereocenters. The van der Waals surface area contributed by atoms with Gasteiger partial charge in [0.05, 0.1) is 11.2 Å². The van der Waals surface area contributed by atoms with E-state index in [1.54, 1.807) is 0 Å². The van der Waals surface area contributed by atoms with Crippen molar-refractivity contribution < 1.29 is 27.8 Å². The van der Waals surface area contributed by atoms with Crippen LogP contribution in [0.15, 0.2) is 12.1 Å².